The van der Waals surface area contributed by atoms with Crippen LogP contribution in [0.15, 0.2) is 58.7 Å². The summed E-state index contributed by atoms with van der Waals surface area (Å²) < 4.78 is 0. The Morgan fingerprint density at radius 2 is 1.81 bits per heavy atom. The van der Waals surface area contributed by atoms with E-state index in [2.05, 4.69) is 65.0 Å². The lowest BCUT2D eigenvalue weighted by Crippen LogP contribution is -2.19. The van der Waals surface area contributed by atoms with Gasteiger partial charge in [0.05, 0.1) is 0 Å². The van der Waals surface area contributed by atoms with Crippen LogP contribution < -0.4 is 0 Å². The molecule has 0 amide bonds. The molecule has 150 valence electrons. The third kappa shape index (κ3) is 9.22. The Morgan fingerprint density at radius 3 is 2.48 bits per heavy atom. The van der Waals surface area contributed by atoms with E-state index in [0.29, 0.717) is 0 Å². The minimum atomic E-state index is 0.284. The van der Waals surface area contributed by atoms with Crippen LogP contribution in [0.3, 0.4) is 0 Å². The highest BCUT2D eigenvalue weighted by atomic mass is 16.1. The van der Waals surface area contributed by atoms with Gasteiger partial charge in [-0.1, -0.05) is 88.0 Å². The van der Waals surface area contributed by atoms with Gasteiger partial charge in [-0.15, -0.1) is 0 Å². The predicted molar refractivity (Wildman–Crippen MR) is 120 cm³/mol. The van der Waals surface area contributed by atoms with Crippen molar-refractivity contribution in [1.82, 2.24) is 0 Å². The summed E-state index contributed by atoms with van der Waals surface area (Å²) in [6.45, 7) is 11.4. The molecule has 0 heterocycles. The summed E-state index contributed by atoms with van der Waals surface area (Å²) in [5.41, 5.74) is 5.68. The minimum Gasteiger partial charge on any atom is -0.299 e. The topological polar surface area (TPSA) is 17.1 Å². The minimum absolute atomic E-state index is 0.284. The zero-order valence-electron chi connectivity index (χ0n) is 18.3. The van der Waals surface area contributed by atoms with E-state index in [0.717, 1.165) is 24.7 Å². The van der Waals surface area contributed by atoms with Crippen molar-refractivity contribution in [2.24, 2.45) is 5.41 Å². The maximum Gasteiger partial charge on any atom is 0.143 e. The molecular weight excluding hydrogens is 328 g/mol. The molecule has 0 N–H and O–H groups in total. The van der Waals surface area contributed by atoms with Gasteiger partial charge in [0.25, 0.3) is 0 Å². The average molecular weight is 369 g/mol. The number of aldehydes is 1. The van der Waals surface area contributed by atoms with E-state index >= 15 is 0 Å². The van der Waals surface area contributed by atoms with Crippen LogP contribution in [0.2, 0.25) is 0 Å². The largest absolute Gasteiger partial charge is 0.299 e. The van der Waals surface area contributed by atoms with Crippen molar-refractivity contribution in [3.8, 4) is 0 Å². The van der Waals surface area contributed by atoms with Gasteiger partial charge in [-0.2, -0.15) is 0 Å². The Hall–Kier alpha value is -1.63. The summed E-state index contributed by atoms with van der Waals surface area (Å²) in [7, 11) is 0. The van der Waals surface area contributed by atoms with Crippen molar-refractivity contribution in [3.05, 3.63) is 58.7 Å². The summed E-state index contributed by atoms with van der Waals surface area (Å²) in [6, 6.07) is 0. The van der Waals surface area contributed by atoms with Crippen molar-refractivity contribution in [2.75, 3.05) is 0 Å². The number of carbonyl (C=O) groups is 1. The van der Waals surface area contributed by atoms with Gasteiger partial charge < -0.3 is 0 Å². The number of allylic oxidation sites excluding steroid dienone is 10. The molecule has 0 radical (unpaired) electrons. The number of carbonyl (C=O) groups excluding carboxylic acids is 1. The molecule has 0 unspecified atom stereocenters. The Morgan fingerprint density at radius 1 is 1.07 bits per heavy atom. The van der Waals surface area contributed by atoms with Crippen LogP contribution in [0.25, 0.3) is 0 Å². The molecule has 1 rings (SSSR count). The Balaban J connectivity index is 2.64. The first-order valence-corrected chi connectivity index (χ1v) is 10.8. The van der Waals surface area contributed by atoms with E-state index in [1.165, 1.54) is 61.7 Å². The van der Waals surface area contributed by atoms with Crippen molar-refractivity contribution < 1.29 is 4.79 Å². The van der Waals surface area contributed by atoms with E-state index in [1.807, 2.05) is 0 Å². The molecule has 0 aromatic carbocycles. The SMILES string of the molecule is CCCCCCCC(=C/C=O)/C=C/C=C(C)/C=C/C1=C(C)CCCC1(C)C. The predicted octanol–water partition coefficient (Wildman–Crippen LogP) is 8.06. The molecule has 0 atom stereocenters. The fourth-order valence-corrected chi connectivity index (χ4v) is 3.85. The first kappa shape index (κ1) is 23.4. The fourth-order valence-electron chi connectivity index (χ4n) is 3.85. The van der Waals surface area contributed by atoms with Crippen molar-refractivity contribution in [2.45, 2.75) is 92.4 Å². The Labute approximate surface area is 168 Å². The molecule has 0 aliphatic heterocycles. The third-order valence-corrected chi connectivity index (χ3v) is 5.58. The molecule has 0 aromatic rings. The van der Waals surface area contributed by atoms with E-state index < -0.39 is 0 Å². The quantitative estimate of drug-likeness (QED) is 0.156. The summed E-state index contributed by atoms with van der Waals surface area (Å²) >= 11 is 0. The monoisotopic (exact) mass is 368 g/mol. The molecule has 1 nitrogen and oxygen atoms in total. The van der Waals surface area contributed by atoms with Gasteiger partial charge in [-0.05, 0) is 68.6 Å². The molecular formula is C26H40O. The van der Waals surface area contributed by atoms with Crippen LogP contribution in [0, 0.1) is 5.41 Å². The van der Waals surface area contributed by atoms with E-state index in [1.54, 1.807) is 6.08 Å². The first-order chi connectivity index (χ1) is 12.9. The van der Waals surface area contributed by atoms with Gasteiger partial charge in [0, 0.05) is 0 Å². The van der Waals surface area contributed by atoms with Gasteiger partial charge >= 0.3 is 0 Å². The molecule has 27 heavy (non-hydrogen) atoms. The first-order valence-electron chi connectivity index (χ1n) is 10.8. The summed E-state index contributed by atoms with van der Waals surface area (Å²) in [6.07, 6.45) is 24.5. The standard InChI is InChI=1S/C26H40O/c1-6-7-8-9-10-15-24(19-21-27)16-11-13-22(2)17-18-25-23(3)14-12-20-26(25,4)5/h11,13,16-19,21H,6-10,12,14-15,20H2,1-5H3/b16-11+,18-17+,22-13+,24-19-. The van der Waals surface area contributed by atoms with Gasteiger partial charge in [0.1, 0.15) is 6.29 Å². The molecule has 0 spiro atoms. The summed E-state index contributed by atoms with van der Waals surface area (Å²) in [4.78, 5) is 10.9. The highest BCUT2D eigenvalue weighted by molar-refractivity contribution is 5.67. The molecule has 1 aliphatic carbocycles. The van der Waals surface area contributed by atoms with Gasteiger partial charge in [0.15, 0.2) is 0 Å². The van der Waals surface area contributed by atoms with Crippen molar-refractivity contribution in [3.63, 3.8) is 0 Å². The highest BCUT2D eigenvalue weighted by Crippen LogP contribution is 2.40. The summed E-state index contributed by atoms with van der Waals surface area (Å²) in [5.74, 6) is 0. The van der Waals surface area contributed by atoms with Crippen LogP contribution in [0.1, 0.15) is 92.4 Å². The van der Waals surface area contributed by atoms with E-state index in [4.69, 9.17) is 0 Å². The second-order valence-corrected chi connectivity index (χ2v) is 8.58. The van der Waals surface area contributed by atoms with Crippen LogP contribution in [0.5, 0.6) is 0 Å². The van der Waals surface area contributed by atoms with Gasteiger partial charge in [0.2, 0.25) is 0 Å². The van der Waals surface area contributed by atoms with Crippen molar-refractivity contribution >= 4 is 6.29 Å². The molecule has 0 aromatic heterocycles. The van der Waals surface area contributed by atoms with Crippen LogP contribution in [-0.4, -0.2) is 6.29 Å². The molecule has 0 fully saturated rings. The lowest BCUT2D eigenvalue weighted by molar-refractivity contribution is -0.104. The molecule has 1 aliphatic rings. The zero-order chi connectivity index (χ0) is 20.1. The lowest BCUT2D eigenvalue weighted by Gasteiger charge is -2.32. The maximum atomic E-state index is 10.9. The van der Waals surface area contributed by atoms with Crippen molar-refractivity contribution in [1.29, 1.82) is 0 Å². The summed E-state index contributed by atoms with van der Waals surface area (Å²) in [5, 5.41) is 0. The second-order valence-electron chi connectivity index (χ2n) is 8.58. The molecule has 1 heteroatoms. The number of rotatable bonds is 11. The van der Waals surface area contributed by atoms with Crippen LogP contribution in [0.4, 0.5) is 0 Å². The fraction of sp³-hybridized carbons (Fsp3) is 0.577. The van der Waals surface area contributed by atoms with Gasteiger partial charge in [-0.3, -0.25) is 4.79 Å². The Kier molecular flexibility index (Phi) is 11.0. The Bertz CT molecular complexity index is 608. The average Bonchev–Trinajstić information content (AvgIpc) is 2.60. The normalized spacial score (nSPS) is 18.7. The zero-order valence-corrected chi connectivity index (χ0v) is 18.3. The molecule has 0 bridgehead atoms. The highest BCUT2D eigenvalue weighted by Gasteiger charge is 2.26. The number of unbranched alkanes of at least 4 members (excludes halogenated alkanes) is 4. The van der Waals surface area contributed by atoms with Crippen LogP contribution >= 0.6 is 0 Å². The smallest absolute Gasteiger partial charge is 0.143 e. The van der Waals surface area contributed by atoms with E-state index in [-0.39, 0.29) is 5.41 Å². The number of hydrogen-bond acceptors (Lipinski definition) is 1. The second kappa shape index (κ2) is 12.7. The van der Waals surface area contributed by atoms with Gasteiger partial charge in [-0.25, -0.2) is 0 Å². The maximum absolute atomic E-state index is 10.9. The lowest BCUT2D eigenvalue weighted by atomic mass is 9.72. The third-order valence-electron chi connectivity index (χ3n) is 5.58. The van der Waals surface area contributed by atoms with Crippen LogP contribution in [-0.2, 0) is 4.79 Å². The number of hydrogen-bond donors (Lipinski definition) is 0. The molecule has 0 saturated carbocycles. The molecule has 0 saturated heterocycles. The van der Waals surface area contributed by atoms with E-state index in [9.17, 15) is 4.79 Å².